The van der Waals surface area contributed by atoms with Crippen molar-refractivity contribution in [3.63, 3.8) is 0 Å². The van der Waals surface area contributed by atoms with Crippen LogP contribution in [0.25, 0.3) is 16.7 Å². The SMILES string of the molecule is Cc1cccc2c[n+](-c3ccccc3F)c(=O)oc12. The Labute approximate surface area is 108 Å². The molecule has 2 aromatic carbocycles. The summed E-state index contributed by atoms with van der Waals surface area (Å²) in [6.45, 7) is 1.86. The molecule has 0 saturated carbocycles. The molecule has 0 N–H and O–H groups in total. The van der Waals surface area contributed by atoms with E-state index in [-0.39, 0.29) is 5.69 Å². The van der Waals surface area contributed by atoms with Crippen molar-refractivity contribution >= 4 is 11.0 Å². The van der Waals surface area contributed by atoms with Crippen LogP contribution in [-0.4, -0.2) is 0 Å². The monoisotopic (exact) mass is 256 g/mol. The second-order valence-corrected chi connectivity index (χ2v) is 4.31. The fourth-order valence-corrected chi connectivity index (χ4v) is 2.06. The standard InChI is InChI=1S/C15H11FNO2/c1-10-5-4-6-11-9-17(15(18)19-14(10)11)13-8-3-2-7-12(13)16/h2-9H,1H3/q+1. The second-order valence-electron chi connectivity index (χ2n) is 4.31. The molecular weight excluding hydrogens is 245 g/mol. The molecule has 0 spiro atoms. The average Bonchev–Trinajstić information content (AvgIpc) is 2.40. The molecule has 0 radical (unpaired) electrons. The lowest BCUT2D eigenvalue weighted by molar-refractivity contribution is -0.625. The zero-order valence-corrected chi connectivity index (χ0v) is 10.3. The molecule has 0 aliphatic rings. The van der Waals surface area contributed by atoms with Crippen LogP contribution >= 0.6 is 0 Å². The van der Waals surface area contributed by atoms with Gasteiger partial charge in [-0.2, -0.15) is 9.18 Å². The summed E-state index contributed by atoms with van der Waals surface area (Å²) < 4.78 is 20.2. The van der Waals surface area contributed by atoms with Crippen molar-refractivity contribution in [1.82, 2.24) is 0 Å². The average molecular weight is 256 g/mol. The maximum absolute atomic E-state index is 13.7. The van der Waals surface area contributed by atoms with Crippen LogP contribution in [0.2, 0.25) is 0 Å². The third kappa shape index (κ3) is 1.91. The Hall–Kier alpha value is -2.49. The predicted molar refractivity (Wildman–Crippen MR) is 68.7 cm³/mol. The molecular formula is C15H11FNO2+. The highest BCUT2D eigenvalue weighted by Crippen LogP contribution is 2.15. The first-order chi connectivity index (χ1) is 9.16. The van der Waals surface area contributed by atoms with E-state index < -0.39 is 11.6 Å². The van der Waals surface area contributed by atoms with Crippen LogP contribution in [0.5, 0.6) is 0 Å². The lowest BCUT2D eigenvalue weighted by atomic mass is 10.2. The molecule has 0 atom stereocenters. The first-order valence-corrected chi connectivity index (χ1v) is 5.87. The quantitative estimate of drug-likeness (QED) is 0.627. The number of fused-ring (bicyclic) bond motifs is 1. The number of aromatic nitrogens is 1. The summed E-state index contributed by atoms with van der Waals surface area (Å²) in [6.07, 6.45) is 1.59. The topological polar surface area (TPSA) is 34.1 Å². The van der Waals surface area contributed by atoms with E-state index in [0.29, 0.717) is 5.58 Å². The van der Waals surface area contributed by atoms with Gasteiger partial charge in [0.2, 0.25) is 0 Å². The van der Waals surface area contributed by atoms with E-state index in [4.69, 9.17) is 4.42 Å². The first kappa shape index (κ1) is 11.6. The van der Waals surface area contributed by atoms with Gasteiger partial charge in [0.15, 0.2) is 17.6 Å². The molecule has 3 rings (SSSR count). The van der Waals surface area contributed by atoms with Crippen LogP contribution in [0.4, 0.5) is 4.39 Å². The lowest BCUT2D eigenvalue weighted by Crippen LogP contribution is -2.47. The van der Waals surface area contributed by atoms with Crippen molar-refractivity contribution in [3.8, 4) is 5.69 Å². The predicted octanol–water partition coefficient (Wildman–Crippen LogP) is 2.52. The molecule has 0 unspecified atom stereocenters. The van der Waals surface area contributed by atoms with Crippen LogP contribution in [0.3, 0.4) is 0 Å². The van der Waals surface area contributed by atoms with Crippen molar-refractivity contribution in [2.75, 3.05) is 0 Å². The van der Waals surface area contributed by atoms with Gasteiger partial charge in [-0.1, -0.05) is 28.8 Å². The van der Waals surface area contributed by atoms with Gasteiger partial charge < -0.3 is 4.42 Å². The summed E-state index contributed by atoms with van der Waals surface area (Å²) >= 11 is 0. The molecule has 3 nitrogen and oxygen atoms in total. The van der Waals surface area contributed by atoms with Gasteiger partial charge in [-0.05, 0) is 24.6 Å². The Morgan fingerprint density at radius 1 is 1.11 bits per heavy atom. The van der Waals surface area contributed by atoms with Crippen LogP contribution in [0, 0.1) is 12.7 Å². The number of hydrogen-bond donors (Lipinski definition) is 0. The summed E-state index contributed by atoms with van der Waals surface area (Å²) in [5.74, 6) is -1.07. The fourth-order valence-electron chi connectivity index (χ4n) is 2.06. The molecule has 4 heteroatoms. The number of aryl methyl sites for hydroxylation is 1. The molecule has 19 heavy (non-hydrogen) atoms. The van der Waals surface area contributed by atoms with E-state index in [0.717, 1.165) is 10.9 Å². The number of hydrogen-bond acceptors (Lipinski definition) is 2. The molecule has 0 fully saturated rings. The second kappa shape index (κ2) is 4.31. The van der Waals surface area contributed by atoms with E-state index in [2.05, 4.69) is 0 Å². The third-order valence-corrected chi connectivity index (χ3v) is 3.01. The molecule has 0 aliphatic heterocycles. The molecule has 1 aromatic heterocycles. The summed E-state index contributed by atoms with van der Waals surface area (Å²) in [5, 5.41) is 0.753. The molecule has 94 valence electrons. The van der Waals surface area contributed by atoms with Crippen molar-refractivity contribution in [2.45, 2.75) is 6.92 Å². The molecule has 1 heterocycles. The molecule has 0 bridgehead atoms. The maximum Gasteiger partial charge on any atom is 0.608 e. The summed E-state index contributed by atoms with van der Waals surface area (Å²) in [6, 6.07) is 11.6. The van der Waals surface area contributed by atoms with Gasteiger partial charge >= 0.3 is 5.76 Å². The van der Waals surface area contributed by atoms with Crippen LogP contribution in [-0.2, 0) is 0 Å². The number of nitrogens with zero attached hydrogens (tertiary/aromatic N) is 1. The molecule has 0 saturated heterocycles. The van der Waals surface area contributed by atoms with Crippen LogP contribution < -0.4 is 10.3 Å². The van der Waals surface area contributed by atoms with E-state index in [1.165, 1.54) is 16.7 Å². The normalized spacial score (nSPS) is 10.8. The van der Waals surface area contributed by atoms with Crippen molar-refractivity contribution in [3.05, 3.63) is 70.6 Å². The largest absolute Gasteiger partial charge is 0.608 e. The van der Waals surface area contributed by atoms with Gasteiger partial charge in [-0.3, -0.25) is 0 Å². The maximum atomic E-state index is 13.7. The number of para-hydroxylation sites is 2. The van der Waals surface area contributed by atoms with Crippen LogP contribution in [0.15, 0.2) is 57.9 Å². The van der Waals surface area contributed by atoms with Crippen molar-refractivity contribution in [1.29, 1.82) is 0 Å². The summed E-state index contributed by atoms with van der Waals surface area (Å²) in [4.78, 5) is 12.0. The van der Waals surface area contributed by atoms with Gasteiger partial charge in [0, 0.05) is 6.07 Å². The van der Waals surface area contributed by atoms with Gasteiger partial charge in [0.25, 0.3) is 5.69 Å². The van der Waals surface area contributed by atoms with E-state index in [1.807, 2.05) is 25.1 Å². The third-order valence-electron chi connectivity index (χ3n) is 3.01. The Balaban J connectivity index is 2.35. The van der Waals surface area contributed by atoms with Gasteiger partial charge in [-0.25, -0.2) is 0 Å². The zero-order valence-electron chi connectivity index (χ0n) is 10.3. The Morgan fingerprint density at radius 3 is 2.68 bits per heavy atom. The van der Waals surface area contributed by atoms with E-state index >= 15 is 0 Å². The Morgan fingerprint density at radius 2 is 1.89 bits per heavy atom. The summed E-state index contributed by atoms with van der Waals surface area (Å²) in [7, 11) is 0. The van der Waals surface area contributed by atoms with Crippen LogP contribution in [0.1, 0.15) is 5.56 Å². The van der Waals surface area contributed by atoms with Gasteiger partial charge in [0.05, 0.1) is 5.39 Å². The van der Waals surface area contributed by atoms with E-state index in [9.17, 15) is 9.18 Å². The number of halogens is 1. The minimum absolute atomic E-state index is 0.180. The fraction of sp³-hybridized carbons (Fsp3) is 0.0667. The highest BCUT2D eigenvalue weighted by Gasteiger charge is 2.19. The smallest absolute Gasteiger partial charge is 0.371 e. The number of benzene rings is 2. The molecule has 0 amide bonds. The number of rotatable bonds is 1. The van der Waals surface area contributed by atoms with Gasteiger partial charge in [0.1, 0.15) is 0 Å². The summed E-state index contributed by atoms with van der Waals surface area (Å²) in [5.41, 5.74) is 1.58. The Bertz CT molecular complexity index is 824. The lowest BCUT2D eigenvalue weighted by Gasteiger charge is -1.99. The Kier molecular flexibility index (Phi) is 2.63. The zero-order chi connectivity index (χ0) is 13.4. The van der Waals surface area contributed by atoms with Gasteiger partial charge in [-0.15, -0.1) is 0 Å². The van der Waals surface area contributed by atoms with E-state index in [1.54, 1.807) is 18.3 Å². The first-order valence-electron chi connectivity index (χ1n) is 5.87. The minimum atomic E-state index is -0.605. The molecule has 3 aromatic rings. The molecule has 0 aliphatic carbocycles. The van der Waals surface area contributed by atoms with Crippen molar-refractivity contribution in [2.24, 2.45) is 0 Å². The highest BCUT2D eigenvalue weighted by atomic mass is 19.1. The van der Waals surface area contributed by atoms with Crippen molar-refractivity contribution < 1.29 is 13.4 Å². The highest BCUT2D eigenvalue weighted by molar-refractivity contribution is 5.77. The minimum Gasteiger partial charge on any atom is -0.371 e.